The lowest BCUT2D eigenvalue weighted by molar-refractivity contribution is 0.0515. The van der Waals surface area contributed by atoms with Gasteiger partial charge in [0, 0.05) is 37.9 Å². The van der Waals surface area contributed by atoms with E-state index in [1.54, 1.807) is 28.0 Å². The zero-order chi connectivity index (χ0) is 18.1. The van der Waals surface area contributed by atoms with Gasteiger partial charge in [0.2, 0.25) is 5.95 Å². The van der Waals surface area contributed by atoms with Gasteiger partial charge in [-0.3, -0.25) is 9.59 Å². The average molecular weight is 355 g/mol. The van der Waals surface area contributed by atoms with Crippen LogP contribution in [0, 0.1) is 6.92 Å². The summed E-state index contributed by atoms with van der Waals surface area (Å²) < 4.78 is 5.16. The van der Waals surface area contributed by atoms with Gasteiger partial charge in [-0.25, -0.2) is 9.97 Å². The number of furan rings is 1. The highest BCUT2D eigenvalue weighted by Crippen LogP contribution is 2.23. The first kappa shape index (κ1) is 16.6. The lowest BCUT2D eigenvalue weighted by Gasteiger charge is -2.34. The number of aryl methyl sites for hydroxylation is 1. The number of piperazine rings is 1. The highest BCUT2D eigenvalue weighted by molar-refractivity contribution is 5.94. The number of nitrogens with one attached hydrogen (secondary N) is 1. The molecule has 2 amide bonds. The zero-order valence-corrected chi connectivity index (χ0v) is 14.6. The van der Waals surface area contributed by atoms with E-state index in [-0.39, 0.29) is 11.8 Å². The summed E-state index contributed by atoms with van der Waals surface area (Å²) in [6.07, 6.45) is 3.72. The van der Waals surface area contributed by atoms with E-state index >= 15 is 0 Å². The van der Waals surface area contributed by atoms with Crippen molar-refractivity contribution < 1.29 is 14.0 Å². The van der Waals surface area contributed by atoms with E-state index in [2.05, 4.69) is 15.3 Å². The summed E-state index contributed by atoms with van der Waals surface area (Å²) in [6.45, 7) is 3.75. The van der Waals surface area contributed by atoms with Crippen molar-refractivity contribution in [1.29, 1.82) is 0 Å². The smallest absolute Gasteiger partial charge is 0.289 e. The van der Waals surface area contributed by atoms with Crippen molar-refractivity contribution in [1.82, 2.24) is 19.8 Å². The van der Waals surface area contributed by atoms with Gasteiger partial charge in [-0.2, -0.15) is 0 Å². The van der Waals surface area contributed by atoms with Gasteiger partial charge < -0.3 is 19.5 Å². The molecule has 2 aliphatic rings. The second-order valence-electron chi connectivity index (χ2n) is 6.70. The molecule has 1 saturated heterocycles. The minimum absolute atomic E-state index is 0.126. The van der Waals surface area contributed by atoms with Gasteiger partial charge in [0.05, 0.1) is 6.26 Å². The highest BCUT2D eigenvalue weighted by Gasteiger charge is 2.28. The van der Waals surface area contributed by atoms with E-state index in [1.807, 2.05) is 6.92 Å². The number of nitrogens with zero attached hydrogens (tertiary/aromatic N) is 4. The molecule has 0 atom stereocenters. The number of carbonyl (C=O) groups is 2. The van der Waals surface area contributed by atoms with Crippen LogP contribution in [0.25, 0.3) is 0 Å². The maximum absolute atomic E-state index is 12.8. The summed E-state index contributed by atoms with van der Waals surface area (Å²) in [5, 5.41) is 3.24. The Bertz CT molecular complexity index is 808. The maximum Gasteiger partial charge on any atom is 0.289 e. The normalized spacial score (nSPS) is 17.3. The second-order valence-corrected chi connectivity index (χ2v) is 6.70. The molecular weight excluding hydrogens is 334 g/mol. The first-order valence-corrected chi connectivity index (χ1v) is 8.84. The number of anilines is 1. The largest absolute Gasteiger partial charge is 0.459 e. The van der Waals surface area contributed by atoms with E-state index in [4.69, 9.17) is 4.42 Å². The van der Waals surface area contributed by atoms with Crippen molar-refractivity contribution >= 4 is 17.8 Å². The third-order valence-corrected chi connectivity index (χ3v) is 4.57. The predicted octanol–water partition coefficient (Wildman–Crippen LogP) is 1.55. The van der Waals surface area contributed by atoms with Crippen LogP contribution in [0.15, 0.2) is 28.9 Å². The van der Waals surface area contributed by atoms with Crippen molar-refractivity contribution in [2.75, 3.05) is 31.5 Å². The second kappa shape index (κ2) is 6.78. The minimum atomic E-state index is -0.143. The molecule has 1 aliphatic heterocycles. The highest BCUT2D eigenvalue weighted by atomic mass is 16.3. The molecule has 8 nitrogen and oxygen atoms in total. The quantitative estimate of drug-likeness (QED) is 0.895. The van der Waals surface area contributed by atoms with Crippen LogP contribution in [-0.4, -0.2) is 63.8 Å². The van der Waals surface area contributed by atoms with Crippen molar-refractivity contribution in [2.24, 2.45) is 0 Å². The molecule has 0 aromatic carbocycles. The molecule has 8 heteroatoms. The summed E-state index contributed by atoms with van der Waals surface area (Å²) in [4.78, 5) is 37.3. The van der Waals surface area contributed by atoms with Crippen molar-refractivity contribution in [3.8, 4) is 0 Å². The van der Waals surface area contributed by atoms with Gasteiger partial charge in [0.25, 0.3) is 11.8 Å². The molecule has 2 aromatic rings. The Hall–Kier alpha value is -2.90. The summed E-state index contributed by atoms with van der Waals surface area (Å²) in [5.74, 6) is 0.574. The van der Waals surface area contributed by atoms with Crippen LogP contribution in [0.2, 0.25) is 0 Å². The van der Waals surface area contributed by atoms with Crippen molar-refractivity contribution in [3.05, 3.63) is 41.6 Å². The SMILES string of the molecule is Cc1cc(C(=O)N2CCN(C(=O)c3ccco3)CC2)nc(NC2CC2)n1. The van der Waals surface area contributed by atoms with E-state index < -0.39 is 0 Å². The molecule has 26 heavy (non-hydrogen) atoms. The van der Waals surface area contributed by atoms with Crippen LogP contribution in [0.3, 0.4) is 0 Å². The summed E-state index contributed by atoms with van der Waals surface area (Å²) in [7, 11) is 0. The van der Waals surface area contributed by atoms with Crippen LogP contribution in [-0.2, 0) is 0 Å². The Kier molecular flexibility index (Phi) is 4.32. The summed E-state index contributed by atoms with van der Waals surface area (Å²) in [6, 6.07) is 5.48. The van der Waals surface area contributed by atoms with E-state index in [0.717, 1.165) is 18.5 Å². The standard InChI is InChI=1S/C18H21N5O3/c1-12-11-14(21-18(19-12)20-13-4-5-13)16(24)22-6-8-23(9-7-22)17(25)15-3-2-10-26-15/h2-3,10-11,13H,4-9H2,1H3,(H,19,20,21). The molecule has 1 aliphatic carbocycles. The molecule has 0 spiro atoms. The lowest BCUT2D eigenvalue weighted by Crippen LogP contribution is -2.50. The molecule has 2 fully saturated rings. The summed E-state index contributed by atoms with van der Waals surface area (Å²) >= 11 is 0. The van der Waals surface area contributed by atoms with E-state index in [1.165, 1.54) is 6.26 Å². The molecule has 2 aromatic heterocycles. The van der Waals surface area contributed by atoms with Crippen LogP contribution in [0.5, 0.6) is 0 Å². The van der Waals surface area contributed by atoms with E-state index in [0.29, 0.717) is 49.6 Å². The Labute approximate surface area is 151 Å². The number of rotatable bonds is 4. The first-order valence-electron chi connectivity index (χ1n) is 8.84. The van der Waals surface area contributed by atoms with Crippen LogP contribution >= 0.6 is 0 Å². The Morgan fingerprint density at radius 1 is 1.12 bits per heavy atom. The average Bonchev–Trinajstić information content (AvgIpc) is 3.29. The molecule has 1 N–H and O–H groups in total. The van der Waals surface area contributed by atoms with Crippen molar-refractivity contribution in [3.63, 3.8) is 0 Å². The fraction of sp³-hybridized carbons (Fsp3) is 0.444. The zero-order valence-electron chi connectivity index (χ0n) is 14.6. The van der Waals surface area contributed by atoms with Gasteiger partial charge in [-0.15, -0.1) is 0 Å². The van der Waals surface area contributed by atoms with Gasteiger partial charge in [-0.05, 0) is 38.0 Å². The van der Waals surface area contributed by atoms with E-state index in [9.17, 15) is 9.59 Å². The number of hydrogen-bond donors (Lipinski definition) is 1. The molecule has 3 heterocycles. The monoisotopic (exact) mass is 355 g/mol. The Balaban J connectivity index is 1.40. The molecule has 0 unspecified atom stereocenters. The van der Waals surface area contributed by atoms with Gasteiger partial charge in [0.15, 0.2) is 5.76 Å². The number of carbonyl (C=O) groups excluding carboxylic acids is 2. The molecule has 4 rings (SSSR count). The van der Waals surface area contributed by atoms with Crippen LogP contribution in [0.4, 0.5) is 5.95 Å². The van der Waals surface area contributed by atoms with Crippen LogP contribution in [0.1, 0.15) is 39.6 Å². The fourth-order valence-corrected chi connectivity index (χ4v) is 2.98. The molecule has 0 radical (unpaired) electrons. The minimum Gasteiger partial charge on any atom is -0.459 e. The fourth-order valence-electron chi connectivity index (χ4n) is 2.98. The lowest BCUT2D eigenvalue weighted by atomic mass is 10.2. The van der Waals surface area contributed by atoms with Gasteiger partial charge in [0.1, 0.15) is 5.69 Å². The molecular formula is C18H21N5O3. The van der Waals surface area contributed by atoms with Crippen molar-refractivity contribution in [2.45, 2.75) is 25.8 Å². The first-order chi connectivity index (χ1) is 12.6. The number of amides is 2. The van der Waals surface area contributed by atoms with Crippen LogP contribution < -0.4 is 5.32 Å². The number of aromatic nitrogens is 2. The topological polar surface area (TPSA) is 91.6 Å². The maximum atomic E-state index is 12.8. The Morgan fingerprint density at radius 3 is 2.42 bits per heavy atom. The predicted molar refractivity (Wildman–Crippen MR) is 93.9 cm³/mol. The third-order valence-electron chi connectivity index (χ3n) is 4.57. The number of hydrogen-bond acceptors (Lipinski definition) is 6. The third kappa shape index (κ3) is 3.54. The molecule has 136 valence electrons. The van der Waals surface area contributed by atoms with Gasteiger partial charge >= 0.3 is 0 Å². The Morgan fingerprint density at radius 2 is 1.81 bits per heavy atom. The van der Waals surface area contributed by atoms with Gasteiger partial charge in [-0.1, -0.05) is 0 Å². The molecule has 1 saturated carbocycles. The summed E-state index contributed by atoms with van der Waals surface area (Å²) in [5.41, 5.74) is 1.16. The molecule has 0 bridgehead atoms.